The molecular formula is C17H17BrN2OS. The van der Waals surface area contributed by atoms with Crippen LogP contribution in [-0.4, -0.2) is 24.2 Å². The molecule has 0 aliphatic carbocycles. The maximum Gasteiger partial charge on any atom is 0.243 e. The molecule has 1 aliphatic heterocycles. The summed E-state index contributed by atoms with van der Waals surface area (Å²) in [4.78, 5) is 15.7. The fraction of sp³-hybridized carbons (Fsp3) is 0.235. The molecule has 0 saturated carbocycles. The number of hydrogen-bond acceptors (Lipinski definition) is 3. The van der Waals surface area contributed by atoms with E-state index < -0.39 is 0 Å². The number of nitrogens with zero attached hydrogens (tertiary/aromatic N) is 1. The third kappa shape index (κ3) is 3.65. The van der Waals surface area contributed by atoms with Crippen molar-refractivity contribution in [1.82, 2.24) is 0 Å². The molecule has 5 heteroatoms. The van der Waals surface area contributed by atoms with Crippen molar-refractivity contribution >= 4 is 45.0 Å². The van der Waals surface area contributed by atoms with Gasteiger partial charge in [-0.25, -0.2) is 0 Å². The van der Waals surface area contributed by atoms with Gasteiger partial charge in [-0.2, -0.15) is 0 Å². The Balaban J connectivity index is 1.70. The Labute approximate surface area is 143 Å². The molecule has 0 saturated heterocycles. The number of para-hydroxylation sites is 1. The molecule has 0 bridgehead atoms. The summed E-state index contributed by atoms with van der Waals surface area (Å²) < 4.78 is 1.00. The van der Waals surface area contributed by atoms with E-state index in [-0.39, 0.29) is 5.91 Å². The zero-order valence-electron chi connectivity index (χ0n) is 12.3. The second-order valence-corrected chi connectivity index (χ2v) is 7.73. The number of carbonyl (C=O) groups excluding carboxylic acids is 1. The third-order valence-electron chi connectivity index (χ3n) is 3.47. The lowest BCUT2D eigenvalue weighted by atomic mass is 10.2. The van der Waals surface area contributed by atoms with Crippen LogP contribution in [0.15, 0.2) is 57.9 Å². The molecule has 0 fully saturated rings. The number of benzene rings is 2. The summed E-state index contributed by atoms with van der Waals surface area (Å²) in [5.41, 5.74) is 1.97. The van der Waals surface area contributed by atoms with E-state index in [0.717, 1.165) is 22.4 Å². The van der Waals surface area contributed by atoms with Crippen LogP contribution in [0, 0.1) is 0 Å². The molecular weight excluding hydrogens is 360 g/mol. The summed E-state index contributed by atoms with van der Waals surface area (Å²) in [7, 11) is 0. The Morgan fingerprint density at radius 2 is 2.00 bits per heavy atom. The molecule has 1 atom stereocenters. The van der Waals surface area contributed by atoms with Crippen molar-refractivity contribution in [3.05, 3.63) is 53.0 Å². The molecule has 2 aromatic carbocycles. The van der Waals surface area contributed by atoms with Crippen LogP contribution in [-0.2, 0) is 4.79 Å². The summed E-state index contributed by atoms with van der Waals surface area (Å²) in [6, 6.07) is 15.9. The van der Waals surface area contributed by atoms with Crippen LogP contribution in [0.5, 0.6) is 0 Å². The lowest BCUT2D eigenvalue weighted by Crippen LogP contribution is -2.39. The van der Waals surface area contributed by atoms with Gasteiger partial charge in [0.2, 0.25) is 5.91 Å². The largest absolute Gasteiger partial charge is 0.360 e. The van der Waals surface area contributed by atoms with Gasteiger partial charge in [0.1, 0.15) is 0 Å². The van der Waals surface area contributed by atoms with E-state index in [9.17, 15) is 4.79 Å². The van der Waals surface area contributed by atoms with Gasteiger partial charge in [0.15, 0.2) is 0 Å². The van der Waals surface area contributed by atoms with Crippen LogP contribution in [0.25, 0.3) is 0 Å². The summed E-state index contributed by atoms with van der Waals surface area (Å²) in [6.07, 6.45) is 0. The Bertz CT molecular complexity index is 675. The van der Waals surface area contributed by atoms with Gasteiger partial charge in [-0.1, -0.05) is 35.0 Å². The van der Waals surface area contributed by atoms with Gasteiger partial charge < -0.3 is 10.2 Å². The highest BCUT2D eigenvalue weighted by atomic mass is 79.9. The Morgan fingerprint density at radius 1 is 1.27 bits per heavy atom. The zero-order chi connectivity index (χ0) is 15.5. The van der Waals surface area contributed by atoms with Crippen molar-refractivity contribution in [1.29, 1.82) is 0 Å². The van der Waals surface area contributed by atoms with Gasteiger partial charge in [-0.3, -0.25) is 4.79 Å². The Hall–Kier alpha value is -1.46. The number of rotatable bonds is 3. The molecule has 3 nitrogen and oxygen atoms in total. The Kier molecular flexibility index (Phi) is 4.74. The quantitative estimate of drug-likeness (QED) is 0.861. The predicted octanol–water partition coefficient (Wildman–Crippen LogP) is 4.39. The first-order valence-corrected chi connectivity index (χ1v) is 8.85. The van der Waals surface area contributed by atoms with E-state index in [0.29, 0.717) is 11.8 Å². The molecule has 2 aromatic rings. The number of thioether (sulfide) groups is 1. The molecule has 0 radical (unpaired) electrons. The molecule has 1 aliphatic rings. The minimum absolute atomic E-state index is 0.0104. The zero-order valence-corrected chi connectivity index (χ0v) is 14.7. The van der Waals surface area contributed by atoms with Crippen LogP contribution in [0.4, 0.5) is 11.4 Å². The van der Waals surface area contributed by atoms with Crippen LogP contribution >= 0.6 is 27.7 Å². The fourth-order valence-electron chi connectivity index (χ4n) is 2.54. The second kappa shape index (κ2) is 6.75. The minimum atomic E-state index is 0.0104. The van der Waals surface area contributed by atoms with E-state index >= 15 is 0 Å². The summed E-state index contributed by atoms with van der Waals surface area (Å²) in [5.74, 6) is 0.0104. The first-order valence-electron chi connectivity index (χ1n) is 7.18. The lowest BCUT2D eigenvalue weighted by Gasteiger charge is -2.33. The van der Waals surface area contributed by atoms with Crippen LogP contribution in [0.3, 0.4) is 0 Å². The monoisotopic (exact) mass is 376 g/mol. The number of amides is 1. The van der Waals surface area contributed by atoms with Gasteiger partial charge in [0.05, 0.1) is 12.2 Å². The highest BCUT2D eigenvalue weighted by molar-refractivity contribution is 9.10. The molecule has 1 N–H and O–H groups in total. The number of carbonyl (C=O) groups is 1. The highest BCUT2D eigenvalue weighted by Crippen LogP contribution is 2.37. The second-order valence-electron chi connectivity index (χ2n) is 5.33. The van der Waals surface area contributed by atoms with Gasteiger partial charge in [0, 0.05) is 26.9 Å². The highest BCUT2D eigenvalue weighted by Gasteiger charge is 2.23. The first-order chi connectivity index (χ1) is 10.6. The third-order valence-corrected chi connectivity index (χ3v) is 5.15. The standard InChI is InChI=1S/C17H17BrN2OS/c1-12-10-20(15-4-2-3-5-16(15)22-12)11-17(21)19-14-8-6-13(18)7-9-14/h2-9,12H,10-11H2,1H3,(H,19,21)/t12-/m0/s1. The van der Waals surface area contributed by atoms with E-state index in [2.05, 4.69) is 45.2 Å². The molecule has 0 spiro atoms. The molecule has 22 heavy (non-hydrogen) atoms. The molecule has 3 rings (SSSR count). The minimum Gasteiger partial charge on any atom is -0.360 e. The maximum atomic E-state index is 12.3. The molecule has 114 valence electrons. The van der Waals surface area contributed by atoms with Crippen molar-refractivity contribution in [2.45, 2.75) is 17.1 Å². The van der Waals surface area contributed by atoms with Crippen molar-refractivity contribution in [2.75, 3.05) is 23.3 Å². The van der Waals surface area contributed by atoms with Crippen LogP contribution in [0.2, 0.25) is 0 Å². The average molecular weight is 377 g/mol. The van der Waals surface area contributed by atoms with Gasteiger partial charge in [-0.15, -0.1) is 11.8 Å². The molecule has 0 aromatic heterocycles. The normalized spacial score (nSPS) is 17.0. The number of anilines is 2. The number of halogens is 1. The molecule has 1 heterocycles. The van der Waals surface area contributed by atoms with E-state index in [1.54, 1.807) is 0 Å². The van der Waals surface area contributed by atoms with Crippen LogP contribution in [0.1, 0.15) is 6.92 Å². The van der Waals surface area contributed by atoms with Gasteiger partial charge >= 0.3 is 0 Å². The fourth-order valence-corrected chi connectivity index (χ4v) is 3.96. The summed E-state index contributed by atoms with van der Waals surface area (Å²) in [5, 5.41) is 3.44. The SMILES string of the molecule is C[C@H]1CN(CC(=O)Nc2ccc(Br)cc2)c2ccccc2S1. The van der Waals surface area contributed by atoms with E-state index in [1.807, 2.05) is 48.2 Å². The topological polar surface area (TPSA) is 32.3 Å². The lowest BCUT2D eigenvalue weighted by molar-refractivity contribution is -0.115. The number of hydrogen-bond donors (Lipinski definition) is 1. The maximum absolute atomic E-state index is 12.3. The smallest absolute Gasteiger partial charge is 0.243 e. The predicted molar refractivity (Wildman–Crippen MR) is 96.7 cm³/mol. The van der Waals surface area contributed by atoms with Gasteiger partial charge in [0.25, 0.3) is 0 Å². The summed E-state index contributed by atoms with van der Waals surface area (Å²) in [6.45, 7) is 3.45. The van der Waals surface area contributed by atoms with Crippen molar-refractivity contribution in [3.63, 3.8) is 0 Å². The van der Waals surface area contributed by atoms with Crippen molar-refractivity contribution in [3.8, 4) is 0 Å². The van der Waals surface area contributed by atoms with E-state index in [4.69, 9.17) is 0 Å². The van der Waals surface area contributed by atoms with E-state index in [1.165, 1.54) is 4.90 Å². The van der Waals surface area contributed by atoms with Crippen molar-refractivity contribution < 1.29 is 4.79 Å². The first kappa shape index (κ1) is 15.4. The van der Waals surface area contributed by atoms with Gasteiger partial charge in [-0.05, 0) is 36.4 Å². The number of nitrogens with one attached hydrogen (secondary N) is 1. The van der Waals surface area contributed by atoms with Crippen molar-refractivity contribution in [2.24, 2.45) is 0 Å². The molecule has 0 unspecified atom stereocenters. The number of fused-ring (bicyclic) bond motifs is 1. The van der Waals surface area contributed by atoms with Crippen LogP contribution < -0.4 is 10.2 Å². The molecule has 1 amide bonds. The Morgan fingerprint density at radius 3 is 2.77 bits per heavy atom. The average Bonchev–Trinajstić information content (AvgIpc) is 2.49. The summed E-state index contributed by atoms with van der Waals surface area (Å²) >= 11 is 5.26.